The lowest BCUT2D eigenvalue weighted by atomic mass is 10.0. The van der Waals surface area contributed by atoms with E-state index in [1.165, 1.54) is 31.2 Å². The van der Waals surface area contributed by atoms with Crippen molar-refractivity contribution in [1.29, 1.82) is 0 Å². The van der Waals surface area contributed by atoms with Crippen LogP contribution in [0.15, 0.2) is 24.3 Å². The van der Waals surface area contributed by atoms with Crippen molar-refractivity contribution in [1.82, 2.24) is 9.97 Å². The molecule has 0 N–H and O–H groups in total. The summed E-state index contributed by atoms with van der Waals surface area (Å²) in [4.78, 5) is 7.17. The monoisotopic (exact) mass is 304 g/mol. The number of hydrogen-bond donors (Lipinski definition) is 0. The maximum atomic E-state index is 13.0. The van der Waals surface area contributed by atoms with Gasteiger partial charge in [-0.2, -0.15) is 13.2 Å². The van der Waals surface area contributed by atoms with Crippen molar-refractivity contribution in [2.45, 2.75) is 19.5 Å². The van der Waals surface area contributed by atoms with Crippen LogP contribution in [0.25, 0.3) is 0 Å². The third-order valence-electron chi connectivity index (χ3n) is 2.63. The molecule has 0 radical (unpaired) electrons. The Hall–Kier alpha value is -1.69. The SMILES string of the molecule is Cc1nc(Cl)c(Cc2ccc(F)cc2)c(C(F)(F)F)n1. The molecule has 0 unspecified atom stereocenters. The molecule has 7 heteroatoms. The Balaban J connectivity index is 2.47. The van der Waals surface area contributed by atoms with Gasteiger partial charge in [0.05, 0.1) is 0 Å². The molecule has 0 saturated carbocycles. The molecule has 0 aliphatic carbocycles. The third kappa shape index (κ3) is 3.25. The molecular formula is C13H9ClF4N2. The maximum Gasteiger partial charge on any atom is 0.433 e. The number of rotatable bonds is 2. The molecule has 0 bridgehead atoms. The highest BCUT2D eigenvalue weighted by molar-refractivity contribution is 6.30. The molecule has 1 aromatic heterocycles. The highest BCUT2D eigenvalue weighted by atomic mass is 35.5. The van der Waals surface area contributed by atoms with Crippen LogP contribution in [0.4, 0.5) is 17.6 Å². The zero-order valence-electron chi connectivity index (χ0n) is 10.3. The van der Waals surface area contributed by atoms with Crippen LogP contribution in [-0.2, 0) is 12.6 Å². The summed E-state index contributed by atoms with van der Waals surface area (Å²) in [5.41, 5.74) is -0.776. The Morgan fingerprint density at radius 1 is 1.10 bits per heavy atom. The largest absolute Gasteiger partial charge is 0.433 e. The van der Waals surface area contributed by atoms with Gasteiger partial charge in [-0.1, -0.05) is 23.7 Å². The number of alkyl halides is 3. The summed E-state index contributed by atoms with van der Waals surface area (Å²) in [5.74, 6) is -0.513. The number of nitrogens with zero attached hydrogens (tertiary/aromatic N) is 2. The van der Waals surface area contributed by atoms with E-state index < -0.39 is 17.7 Å². The van der Waals surface area contributed by atoms with E-state index in [0.29, 0.717) is 5.56 Å². The number of benzene rings is 1. The molecule has 0 atom stereocenters. The highest BCUT2D eigenvalue weighted by Gasteiger charge is 2.37. The molecule has 0 spiro atoms. The standard InChI is InChI=1S/C13H9ClF4N2/c1-7-19-11(13(16,17)18)10(12(14)20-7)6-8-2-4-9(15)5-3-8/h2-5H,6H2,1H3. The third-order valence-corrected chi connectivity index (χ3v) is 2.94. The molecule has 0 aliphatic rings. The van der Waals surface area contributed by atoms with Gasteiger partial charge in [-0.05, 0) is 24.6 Å². The molecular weight excluding hydrogens is 296 g/mol. The van der Waals surface area contributed by atoms with Gasteiger partial charge in [0.15, 0.2) is 5.69 Å². The van der Waals surface area contributed by atoms with E-state index in [9.17, 15) is 17.6 Å². The second-order valence-corrected chi connectivity index (χ2v) is 4.55. The van der Waals surface area contributed by atoms with Gasteiger partial charge in [-0.3, -0.25) is 0 Å². The number of hydrogen-bond acceptors (Lipinski definition) is 2. The molecule has 106 valence electrons. The molecule has 2 rings (SSSR count). The van der Waals surface area contributed by atoms with Gasteiger partial charge in [0.2, 0.25) is 0 Å². The first kappa shape index (κ1) is 14.7. The minimum Gasteiger partial charge on any atom is -0.228 e. The first-order chi connectivity index (χ1) is 9.27. The second-order valence-electron chi connectivity index (χ2n) is 4.19. The molecule has 2 aromatic rings. The van der Waals surface area contributed by atoms with Crippen LogP contribution in [0.3, 0.4) is 0 Å². The summed E-state index contributed by atoms with van der Waals surface area (Å²) in [6.45, 7) is 1.34. The predicted octanol–water partition coefficient (Wildman–Crippen LogP) is 4.19. The molecule has 0 saturated heterocycles. The summed E-state index contributed by atoms with van der Waals surface area (Å²) < 4.78 is 51.7. The molecule has 0 amide bonds. The fourth-order valence-electron chi connectivity index (χ4n) is 1.76. The Kier molecular flexibility index (Phi) is 3.94. The zero-order valence-corrected chi connectivity index (χ0v) is 11.1. The number of aryl methyl sites for hydroxylation is 1. The van der Waals surface area contributed by atoms with E-state index in [-0.39, 0.29) is 23.0 Å². The summed E-state index contributed by atoms with van der Waals surface area (Å²) in [7, 11) is 0. The quantitative estimate of drug-likeness (QED) is 0.614. The van der Waals surface area contributed by atoms with E-state index in [0.717, 1.165) is 0 Å². The second kappa shape index (κ2) is 5.36. The van der Waals surface area contributed by atoms with Crippen molar-refractivity contribution in [2.24, 2.45) is 0 Å². The fraction of sp³-hybridized carbons (Fsp3) is 0.231. The van der Waals surface area contributed by atoms with Crippen molar-refractivity contribution in [3.05, 3.63) is 57.9 Å². The Morgan fingerprint density at radius 2 is 1.70 bits per heavy atom. The van der Waals surface area contributed by atoms with Crippen LogP contribution in [0.1, 0.15) is 22.6 Å². The van der Waals surface area contributed by atoms with Gasteiger partial charge < -0.3 is 0 Å². The van der Waals surface area contributed by atoms with Gasteiger partial charge in [0.1, 0.15) is 16.8 Å². The minimum absolute atomic E-state index is 0.0508. The average molecular weight is 305 g/mol. The van der Waals surface area contributed by atoms with E-state index in [1.807, 2.05) is 0 Å². The van der Waals surface area contributed by atoms with Gasteiger partial charge in [-0.25, -0.2) is 14.4 Å². The number of halogens is 5. The van der Waals surface area contributed by atoms with Crippen LogP contribution >= 0.6 is 11.6 Å². The van der Waals surface area contributed by atoms with Gasteiger partial charge in [0, 0.05) is 12.0 Å². The molecule has 0 fully saturated rings. The average Bonchev–Trinajstić information content (AvgIpc) is 2.33. The minimum atomic E-state index is -4.62. The van der Waals surface area contributed by atoms with E-state index >= 15 is 0 Å². The maximum absolute atomic E-state index is 13.0. The van der Waals surface area contributed by atoms with E-state index in [1.54, 1.807) is 0 Å². The van der Waals surface area contributed by atoms with Crippen LogP contribution < -0.4 is 0 Å². The number of aromatic nitrogens is 2. The summed E-state index contributed by atoms with van der Waals surface area (Å²) >= 11 is 5.80. The van der Waals surface area contributed by atoms with Crippen LogP contribution in [0.2, 0.25) is 5.15 Å². The van der Waals surface area contributed by atoms with Crippen molar-refractivity contribution in [3.8, 4) is 0 Å². The van der Waals surface area contributed by atoms with Gasteiger partial charge in [-0.15, -0.1) is 0 Å². The Morgan fingerprint density at radius 3 is 2.25 bits per heavy atom. The smallest absolute Gasteiger partial charge is 0.228 e. The van der Waals surface area contributed by atoms with Crippen molar-refractivity contribution in [3.63, 3.8) is 0 Å². The lowest BCUT2D eigenvalue weighted by molar-refractivity contribution is -0.141. The Labute approximate surface area is 117 Å². The molecule has 20 heavy (non-hydrogen) atoms. The molecule has 1 heterocycles. The van der Waals surface area contributed by atoms with Crippen LogP contribution in [-0.4, -0.2) is 9.97 Å². The van der Waals surface area contributed by atoms with Gasteiger partial charge >= 0.3 is 6.18 Å². The topological polar surface area (TPSA) is 25.8 Å². The van der Waals surface area contributed by atoms with Crippen LogP contribution in [0.5, 0.6) is 0 Å². The summed E-state index contributed by atoms with van der Waals surface area (Å²) in [6, 6.07) is 5.13. The normalized spacial score (nSPS) is 11.7. The van der Waals surface area contributed by atoms with E-state index in [4.69, 9.17) is 11.6 Å². The fourth-order valence-corrected chi connectivity index (χ4v) is 2.04. The van der Waals surface area contributed by atoms with E-state index in [2.05, 4.69) is 9.97 Å². The zero-order chi connectivity index (χ0) is 14.9. The van der Waals surface area contributed by atoms with Crippen molar-refractivity contribution < 1.29 is 17.6 Å². The first-order valence-corrected chi connectivity index (χ1v) is 6.00. The lowest BCUT2D eigenvalue weighted by Gasteiger charge is -2.13. The van der Waals surface area contributed by atoms with Gasteiger partial charge in [0.25, 0.3) is 0 Å². The Bertz CT molecular complexity index is 624. The van der Waals surface area contributed by atoms with Crippen molar-refractivity contribution in [2.75, 3.05) is 0 Å². The highest BCUT2D eigenvalue weighted by Crippen LogP contribution is 2.34. The van der Waals surface area contributed by atoms with Crippen LogP contribution in [0, 0.1) is 12.7 Å². The first-order valence-electron chi connectivity index (χ1n) is 5.62. The molecule has 2 nitrogen and oxygen atoms in total. The van der Waals surface area contributed by atoms with Crippen molar-refractivity contribution >= 4 is 11.6 Å². The summed E-state index contributed by atoms with van der Waals surface area (Å²) in [5, 5.41) is -0.242. The summed E-state index contributed by atoms with van der Waals surface area (Å²) in [6.07, 6.45) is -4.74. The lowest BCUT2D eigenvalue weighted by Crippen LogP contribution is -2.15. The predicted molar refractivity (Wildman–Crippen MR) is 66.0 cm³/mol. The molecule has 1 aromatic carbocycles. The molecule has 0 aliphatic heterocycles.